The molecule has 1 aromatic rings. The van der Waals surface area contributed by atoms with E-state index in [0.29, 0.717) is 0 Å². The van der Waals surface area contributed by atoms with Crippen molar-refractivity contribution in [2.24, 2.45) is 16.8 Å². The molecule has 1 saturated carbocycles. The van der Waals surface area contributed by atoms with Gasteiger partial charge in [-0.1, -0.05) is 19.8 Å². The molecule has 0 aromatic carbocycles. The van der Waals surface area contributed by atoms with Crippen molar-refractivity contribution in [3.8, 4) is 0 Å². The van der Waals surface area contributed by atoms with Crippen molar-refractivity contribution in [3.63, 3.8) is 0 Å². The van der Waals surface area contributed by atoms with E-state index in [1.54, 1.807) is 11.3 Å². The second-order valence-corrected chi connectivity index (χ2v) is 7.48. The molecule has 0 spiro atoms. The Morgan fingerprint density at radius 2 is 2.09 bits per heavy atom. The van der Waals surface area contributed by atoms with Crippen molar-refractivity contribution in [2.45, 2.75) is 53.0 Å². The molecule has 2 atom stereocenters. The topological polar surface area (TPSA) is 49.3 Å². The molecule has 22 heavy (non-hydrogen) atoms. The van der Waals surface area contributed by atoms with E-state index in [2.05, 4.69) is 41.4 Å². The summed E-state index contributed by atoms with van der Waals surface area (Å²) in [6.45, 7) is 8.33. The first kappa shape index (κ1) is 19.7. The van der Waals surface area contributed by atoms with Crippen molar-refractivity contribution >= 4 is 41.3 Å². The zero-order chi connectivity index (χ0) is 15.2. The van der Waals surface area contributed by atoms with Crippen LogP contribution in [0.1, 0.15) is 48.2 Å². The second kappa shape index (κ2) is 9.70. The number of rotatable bonds is 4. The van der Waals surface area contributed by atoms with Crippen molar-refractivity contribution in [2.75, 3.05) is 13.6 Å². The molecule has 2 N–H and O–H groups in total. The van der Waals surface area contributed by atoms with E-state index in [-0.39, 0.29) is 24.0 Å². The number of hydrogen-bond donors (Lipinski definition) is 2. The number of nitrogens with one attached hydrogen (secondary N) is 2. The number of aromatic nitrogens is 1. The van der Waals surface area contributed by atoms with Crippen LogP contribution in [-0.2, 0) is 6.54 Å². The minimum atomic E-state index is 0. The number of guanidine groups is 1. The fraction of sp³-hybridized carbons (Fsp3) is 0.750. The maximum atomic E-state index is 4.55. The quantitative estimate of drug-likeness (QED) is 0.428. The van der Waals surface area contributed by atoms with Gasteiger partial charge < -0.3 is 10.6 Å². The maximum absolute atomic E-state index is 4.55. The van der Waals surface area contributed by atoms with Crippen LogP contribution in [0.5, 0.6) is 0 Å². The van der Waals surface area contributed by atoms with E-state index in [0.717, 1.165) is 41.6 Å². The van der Waals surface area contributed by atoms with E-state index in [1.165, 1.54) is 30.6 Å². The molecule has 1 aliphatic carbocycles. The Hall–Kier alpha value is -0.370. The van der Waals surface area contributed by atoms with Gasteiger partial charge in [-0.25, -0.2) is 4.98 Å². The average molecular weight is 436 g/mol. The van der Waals surface area contributed by atoms with Crippen LogP contribution in [-0.4, -0.2) is 24.5 Å². The molecule has 4 nitrogen and oxygen atoms in total. The van der Waals surface area contributed by atoms with Crippen LogP contribution in [0.2, 0.25) is 0 Å². The molecule has 2 rings (SSSR count). The van der Waals surface area contributed by atoms with Crippen LogP contribution in [0.15, 0.2) is 4.99 Å². The van der Waals surface area contributed by atoms with Crippen molar-refractivity contribution in [1.29, 1.82) is 0 Å². The molecule has 1 aromatic heterocycles. The number of hydrogen-bond acceptors (Lipinski definition) is 3. The highest BCUT2D eigenvalue weighted by Crippen LogP contribution is 2.27. The Balaban J connectivity index is 0.00000242. The summed E-state index contributed by atoms with van der Waals surface area (Å²) >= 11 is 1.76. The number of thiazole rings is 1. The summed E-state index contributed by atoms with van der Waals surface area (Å²) in [5.74, 6) is 2.55. The molecule has 126 valence electrons. The predicted octanol–water partition coefficient (Wildman–Crippen LogP) is 3.87. The Labute approximate surface area is 155 Å². The van der Waals surface area contributed by atoms with Crippen LogP contribution in [0.3, 0.4) is 0 Å². The molecule has 1 fully saturated rings. The van der Waals surface area contributed by atoms with Crippen LogP contribution in [0, 0.1) is 25.7 Å². The second-order valence-electron chi connectivity index (χ2n) is 6.19. The highest BCUT2D eigenvalue weighted by Gasteiger charge is 2.18. The van der Waals surface area contributed by atoms with Gasteiger partial charge in [0.2, 0.25) is 0 Å². The van der Waals surface area contributed by atoms with Gasteiger partial charge >= 0.3 is 0 Å². The Kier molecular flexibility index (Phi) is 8.67. The zero-order valence-electron chi connectivity index (χ0n) is 14.1. The molecule has 0 radical (unpaired) electrons. The van der Waals surface area contributed by atoms with Crippen molar-refractivity contribution in [3.05, 3.63) is 15.6 Å². The molecular weight excluding hydrogens is 407 g/mol. The van der Waals surface area contributed by atoms with Crippen LogP contribution < -0.4 is 10.6 Å². The molecule has 0 bridgehead atoms. The Morgan fingerprint density at radius 1 is 1.32 bits per heavy atom. The molecule has 0 aliphatic heterocycles. The van der Waals surface area contributed by atoms with Gasteiger partial charge in [0.25, 0.3) is 0 Å². The van der Waals surface area contributed by atoms with Gasteiger partial charge in [-0.2, -0.15) is 0 Å². The van der Waals surface area contributed by atoms with Crippen LogP contribution >= 0.6 is 35.3 Å². The third-order valence-electron chi connectivity index (χ3n) is 4.31. The average Bonchev–Trinajstić information content (AvgIpc) is 2.78. The maximum Gasteiger partial charge on any atom is 0.191 e. The predicted molar refractivity (Wildman–Crippen MR) is 106 cm³/mol. The minimum Gasteiger partial charge on any atom is -0.356 e. The summed E-state index contributed by atoms with van der Waals surface area (Å²) < 4.78 is 0. The van der Waals surface area contributed by atoms with E-state index >= 15 is 0 Å². The smallest absolute Gasteiger partial charge is 0.191 e. The zero-order valence-corrected chi connectivity index (χ0v) is 17.3. The Bertz CT molecular complexity index is 467. The van der Waals surface area contributed by atoms with Gasteiger partial charge in [0.1, 0.15) is 5.01 Å². The standard InChI is InChI=1S/C16H28N4S.HI/c1-11-6-5-7-14(8-11)9-18-16(17-4)19-10-15-20-12(2)13(3)21-15;/h11,14H,5-10H2,1-4H3,(H2,17,18,19);1H. The van der Waals surface area contributed by atoms with Gasteiger partial charge in [-0.15, -0.1) is 35.3 Å². The highest BCUT2D eigenvalue weighted by molar-refractivity contribution is 14.0. The van der Waals surface area contributed by atoms with Crippen molar-refractivity contribution < 1.29 is 0 Å². The van der Waals surface area contributed by atoms with Gasteiger partial charge in [-0.05, 0) is 38.5 Å². The number of aliphatic imine (C=N–C) groups is 1. The summed E-state index contributed by atoms with van der Waals surface area (Å²) in [5.41, 5.74) is 1.14. The Morgan fingerprint density at radius 3 is 2.68 bits per heavy atom. The van der Waals surface area contributed by atoms with Gasteiger partial charge in [0.05, 0.1) is 12.2 Å². The van der Waals surface area contributed by atoms with Gasteiger partial charge in [-0.3, -0.25) is 4.99 Å². The fourth-order valence-electron chi connectivity index (χ4n) is 2.98. The van der Waals surface area contributed by atoms with E-state index in [9.17, 15) is 0 Å². The monoisotopic (exact) mass is 436 g/mol. The molecule has 0 saturated heterocycles. The molecule has 0 amide bonds. The molecule has 1 heterocycles. The fourth-order valence-corrected chi connectivity index (χ4v) is 3.85. The first-order chi connectivity index (χ1) is 10.1. The molecular formula is C16H29IN4S. The first-order valence-electron chi connectivity index (χ1n) is 7.96. The van der Waals surface area contributed by atoms with E-state index in [1.807, 2.05) is 7.05 Å². The number of halogens is 1. The van der Waals surface area contributed by atoms with Crippen molar-refractivity contribution in [1.82, 2.24) is 15.6 Å². The van der Waals surface area contributed by atoms with Gasteiger partial charge in [0, 0.05) is 18.5 Å². The van der Waals surface area contributed by atoms with E-state index < -0.39 is 0 Å². The van der Waals surface area contributed by atoms with E-state index in [4.69, 9.17) is 0 Å². The highest BCUT2D eigenvalue weighted by atomic mass is 127. The molecule has 6 heteroatoms. The summed E-state index contributed by atoms with van der Waals surface area (Å²) in [4.78, 5) is 10.2. The van der Waals surface area contributed by atoms with Crippen LogP contribution in [0.4, 0.5) is 0 Å². The lowest BCUT2D eigenvalue weighted by molar-refractivity contribution is 0.282. The summed E-state index contributed by atoms with van der Waals surface area (Å²) in [7, 11) is 1.83. The SMILES string of the molecule is CN=C(NCc1nc(C)c(C)s1)NCC1CCCC(C)C1.I. The minimum absolute atomic E-state index is 0. The number of aryl methyl sites for hydroxylation is 2. The number of nitrogens with zero attached hydrogens (tertiary/aromatic N) is 2. The van der Waals surface area contributed by atoms with Crippen LogP contribution in [0.25, 0.3) is 0 Å². The third kappa shape index (κ3) is 6.02. The lowest BCUT2D eigenvalue weighted by Crippen LogP contribution is -2.40. The lowest BCUT2D eigenvalue weighted by Gasteiger charge is -2.27. The largest absolute Gasteiger partial charge is 0.356 e. The normalized spacial score (nSPS) is 22.1. The molecule has 2 unspecified atom stereocenters. The third-order valence-corrected chi connectivity index (χ3v) is 5.38. The summed E-state index contributed by atoms with van der Waals surface area (Å²) in [6, 6.07) is 0. The summed E-state index contributed by atoms with van der Waals surface area (Å²) in [6.07, 6.45) is 5.46. The lowest BCUT2D eigenvalue weighted by atomic mass is 9.82. The van der Waals surface area contributed by atoms with Gasteiger partial charge in [0.15, 0.2) is 5.96 Å². The first-order valence-corrected chi connectivity index (χ1v) is 8.77. The molecule has 1 aliphatic rings. The summed E-state index contributed by atoms with van der Waals surface area (Å²) in [5, 5.41) is 7.96.